The van der Waals surface area contributed by atoms with Gasteiger partial charge in [0.05, 0.1) is 23.5 Å². The molecule has 0 saturated carbocycles. The van der Waals surface area contributed by atoms with Gasteiger partial charge in [0.2, 0.25) is 11.8 Å². The molecule has 2 aromatic rings. The van der Waals surface area contributed by atoms with E-state index in [4.69, 9.17) is 9.47 Å². The zero-order chi connectivity index (χ0) is 20.8. The van der Waals surface area contributed by atoms with Gasteiger partial charge in [-0.05, 0) is 43.3 Å². The zero-order valence-corrected chi connectivity index (χ0v) is 15.8. The van der Waals surface area contributed by atoms with Crippen molar-refractivity contribution in [1.82, 2.24) is 0 Å². The van der Waals surface area contributed by atoms with Crippen LogP contribution in [-0.4, -0.2) is 36.9 Å². The molecule has 0 atom stereocenters. The Balaban J connectivity index is 1.56. The minimum absolute atomic E-state index is 0.185. The van der Waals surface area contributed by atoms with Crippen molar-refractivity contribution in [3.8, 4) is 5.75 Å². The molecular weight excluding hydrogens is 376 g/mol. The molecule has 1 heterocycles. The quantitative estimate of drug-likeness (QED) is 0.570. The average molecular weight is 396 g/mol. The molecule has 29 heavy (non-hydrogen) atoms. The lowest BCUT2D eigenvalue weighted by molar-refractivity contribution is -0.121. The van der Waals surface area contributed by atoms with Crippen LogP contribution in [-0.2, 0) is 19.1 Å². The molecule has 8 heteroatoms. The molecule has 0 spiro atoms. The molecule has 0 radical (unpaired) electrons. The van der Waals surface area contributed by atoms with Crippen LogP contribution < -0.4 is 15.0 Å². The molecule has 150 valence electrons. The van der Waals surface area contributed by atoms with E-state index in [-0.39, 0.29) is 30.2 Å². The van der Waals surface area contributed by atoms with Crippen molar-refractivity contribution in [3.05, 3.63) is 54.1 Å². The Kier molecular flexibility index (Phi) is 6.23. The Bertz CT molecular complexity index is 922. The van der Waals surface area contributed by atoms with Crippen LogP contribution in [0.2, 0.25) is 0 Å². The van der Waals surface area contributed by atoms with Gasteiger partial charge in [-0.15, -0.1) is 0 Å². The summed E-state index contributed by atoms with van der Waals surface area (Å²) >= 11 is 0. The normalized spacial score (nSPS) is 13.3. The van der Waals surface area contributed by atoms with Crippen molar-refractivity contribution in [3.63, 3.8) is 0 Å². The van der Waals surface area contributed by atoms with E-state index < -0.39 is 18.5 Å². The summed E-state index contributed by atoms with van der Waals surface area (Å²) in [6.45, 7) is 1.82. The van der Waals surface area contributed by atoms with E-state index >= 15 is 0 Å². The van der Waals surface area contributed by atoms with Crippen LogP contribution >= 0.6 is 0 Å². The average Bonchev–Trinajstić information content (AvgIpc) is 3.06. The fourth-order valence-corrected chi connectivity index (χ4v) is 2.86. The van der Waals surface area contributed by atoms with E-state index in [9.17, 15) is 19.2 Å². The highest BCUT2D eigenvalue weighted by Crippen LogP contribution is 2.24. The van der Waals surface area contributed by atoms with E-state index in [1.165, 1.54) is 24.3 Å². The van der Waals surface area contributed by atoms with Gasteiger partial charge >= 0.3 is 5.97 Å². The van der Waals surface area contributed by atoms with Crippen LogP contribution in [0.15, 0.2) is 48.5 Å². The van der Waals surface area contributed by atoms with Crippen molar-refractivity contribution in [2.75, 3.05) is 23.4 Å². The van der Waals surface area contributed by atoms with Gasteiger partial charge in [0.25, 0.3) is 5.91 Å². The first kappa shape index (κ1) is 20.1. The maximum Gasteiger partial charge on any atom is 0.338 e. The Morgan fingerprint density at radius 1 is 1.00 bits per heavy atom. The molecule has 8 nitrogen and oxygen atoms in total. The summed E-state index contributed by atoms with van der Waals surface area (Å²) in [7, 11) is 0. The van der Waals surface area contributed by atoms with Crippen molar-refractivity contribution >= 4 is 35.1 Å². The lowest BCUT2D eigenvalue weighted by atomic mass is 10.2. The van der Waals surface area contributed by atoms with Gasteiger partial charge in [-0.1, -0.05) is 12.1 Å². The van der Waals surface area contributed by atoms with Crippen molar-refractivity contribution in [2.24, 2.45) is 0 Å². The van der Waals surface area contributed by atoms with Gasteiger partial charge in [-0.25, -0.2) is 4.79 Å². The maximum absolute atomic E-state index is 12.2. The first-order chi connectivity index (χ1) is 14.0. The molecule has 0 aromatic heterocycles. The SMILES string of the molecule is CCOc1ccccc1NC(=O)COC(=O)c1ccc(N2C(=O)CCC2=O)cc1. The number of esters is 1. The number of para-hydroxylation sites is 2. The molecule has 0 aliphatic carbocycles. The van der Waals surface area contributed by atoms with Crippen LogP contribution in [0, 0.1) is 0 Å². The number of rotatable bonds is 7. The molecule has 3 amide bonds. The first-order valence-electron chi connectivity index (χ1n) is 9.14. The summed E-state index contributed by atoms with van der Waals surface area (Å²) in [6, 6.07) is 12.8. The van der Waals surface area contributed by atoms with Gasteiger partial charge in [0.1, 0.15) is 5.75 Å². The summed E-state index contributed by atoms with van der Waals surface area (Å²) in [5, 5.41) is 2.64. The maximum atomic E-state index is 12.2. The molecule has 0 bridgehead atoms. The Morgan fingerprint density at radius 3 is 2.31 bits per heavy atom. The van der Waals surface area contributed by atoms with E-state index in [1.807, 2.05) is 6.92 Å². The van der Waals surface area contributed by atoms with Crippen molar-refractivity contribution in [2.45, 2.75) is 19.8 Å². The van der Waals surface area contributed by atoms with E-state index in [2.05, 4.69) is 5.32 Å². The third-order valence-electron chi connectivity index (χ3n) is 4.21. The third-order valence-corrected chi connectivity index (χ3v) is 4.21. The van der Waals surface area contributed by atoms with Crippen LogP contribution in [0.1, 0.15) is 30.1 Å². The van der Waals surface area contributed by atoms with E-state index in [1.54, 1.807) is 24.3 Å². The second-order valence-electron chi connectivity index (χ2n) is 6.22. The van der Waals surface area contributed by atoms with E-state index in [0.29, 0.717) is 23.7 Å². The number of ether oxygens (including phenoxy) is 2. The minimum atomic E-state index is -0.691. The predicted molar refractivity (Wildman–Crippen MR) is 105 cm³/mol. The monoisotopic (exact) mass is 396 g/mol. The smallest absolute Gasteiger partial charge is 0.338 e. The molecule has 1 aliphatic heterocycles. The van der Waals surface area contributed by atoms with Gasteiger partial charge in [0.15, 0.2) is 6.61 Å². The van der Waals surface area contributed by atoms with Gasteiger partial charge in [-0.3, -0.25) is 19.3 Å². The number of carbonyl (C=O) groups is 4. The van der Waals surface area contributed by atoms with Gasteiger partial charge < -0.3 is 14.8 Å². The Hall–Kier alpha value is -3.68. The van der Waals surface area contributed by atoms with Crippen LogP contribution in [0.4, 0.5) is 11.4 Å². The summed E-state index contributed by atoms with van der Waals surface area (Å²) in [5.41, 5.74) is 1.09. The van der Waals surface area contributed by atoms with Crippen LogP contribution in [0.5, 0.6) is 5.75 Å². The molecule has 1 aliphatic rings. The number of imide groups is 1. The Morgan fingerprint density at radius 2 is 1.66 bits per heavy atom. The number of amides is 3. The van der Waals surface area contributed by atoms with Crippen LogP contribution in [0.25, 0.3) is 0 Å². The molecule has 1 fully saturated rings. The molecule has 0 unspecified atom stereocenters. The number of hydrogen-bond acceptors (Lipinski definition) is 6. The fourth-order valence-electron chi connectivity index (χ4n) is 2.86. The van der Waals surface area contributed by atoms with Gasteiger partial charge in [0, 0.05) is 12.8 Å². The largest absolute Gasteiger partial charge is 0.492 e. The molecule has 3 rings (SSSR count). The summed E-state index contributed by atoms with van der Waals surface area (Å²) < 4.78 is 10.5. The standard InChI is InChI=1S/C21H20N2O6/c1-2-28-17-6-4-3-5-16(17)22-18(24)13-29-21(27)14-7-9-15(10-8-14)23-19(25)11-12-20(23)26/h3-10H,2,11-13H2,1H3,(H,22,24). The van der Waals surface area contributed by atoms with Gasteiger partial charge in [-0.2, -0.15) is 0 Å². The molecule has 1 saturated heterocycles. The summed E-state index contributed by atoms with van der Waals surface area (Å²) in [5.74, 6) is -1.21. The highest BCUT2D eigenvalue weighted by molar-refractivity contribution is 6.19. The summed E-state index contributed by atoms with van der Waals surface area (Å²) in [6.07, 6.45) is 0.369. The van der Waals surface area contributed by atoms with Crippen molar-refractivity contribution < 1.29 is 28.7 Å². The topological polar surface area (TPSA) is 102 Å². The van der Waals surface area contributed by atoms with Crippen LogP contribution in [0.3, 0.4) is 0 Å². The predicted octanol–water partition coefficient (Wildman–Crippen LogP) is 2.53. The summed E-state index contributed by atoms with van der Waals surface area (Å²) in [4.78, 5) is 48.8. The first-order valence-corrected chi connectivity index (χ1v) is 9.14. The Labute approximate surface area is 167 Å². The minimum Gasteiger partial charge on any atom is -0.492 e. The lowest BCUT2D eigenvalue weighted by Gasteiger charge is -2.14. The molecule has 2 aromatic carbocycles. The highest BCUT2D eigenvalue weighted by Gasteiger charge is 2.30. The fraction of sp³-hybridized carbons (Fsp3) is 0.238. The highest BCUT2D eigenvalue weighted by atomic mass is 16.5. The molecule has 1 N–H and O–H groups in total. The lowest BCUT2D eigenvalue weighted by Crippen LogP contribution is -2.28. The number of nitrogens with zero attached hydrogens (tertiary/aromatic N) is 1. The number of benzene rings is 2. The number of nitrogens with one attached hydrogen (secondary N) is 1. The number of hydrogen-bond donors (Lipinski definition) is 1. The number of anilines is 2. The second-order valence-corrected chi connectivity index (χ2v) is 6.22. The molecular formula is C21H20N2O6. The van der Waals surface area contributed by atoms with Crippen molar-refractivity contribution in [1.29, 1.82) is 0 Å². The number of carbonyl (C=O) groups excluding carboxylic acids is 4. The van der Waals surface area contributed by atoms with E-state index in [0.717, 1.165) is 4.90 Å². The zero-order valence-electron chi connectivity index (χ0n) is 15.8. The third kappa shape index (κ3) is 4.78. The second kappa shape index (κ2) is 9.01.